The van der Waals surface area contributed by atoms with E-state index >= 15 is 0 Å². The average Bonchev–Trinajstić information content (AvgIpc) is 3.00. The van der Waals surface area contributed by atoms with Crippen molar-refractivity contribution >= 4 is 51.9 Å². The van der Waals surface area contributed by atoms with Crippen LogP contribution in [0.15, 0.2) is 29.2 Å². The number of aromatic hydroxyl groups is 1. The molecule has 1 N–H and O–H groups in total. The van der Waals surface area contributed by atoms with Crippen LogP contribution in [0.25, 0.3) is 6.08 Å². The number of carbonyl (C=O) groups excluding carboxylic acids is 4. The van der Waals surface area contributed by atoms with Crippen molar-refractivity contribution in [3.8, 4) is 5.75 Å². The molecule has 2 fully saturated rings. The lowest BCUT2D eigenvalue weighted by Gasteiger charge is -2.17. The second-order valence-electron chi connectivity index (χ2n) is 5.02. The molecule has 0 aliphatic carbocycles. The molecule has 2 saturated heterocycles. The quantitative estimate of drug-likeness (QED) is 0.818. The first-order valence-electron chi connectivity index (χ1n) is 6.97. The Morgan fingerprint density at radius 2 is 1.67 bits per heavy atom. The fourth-order valence-corrected chi connectivity index (χ4v) is 3.83. The topological polar surface area (TPSA) is 95.0 Å². The molecule has 4 amide bonds. The number of imide groups is 2. The van der Waals surface area contributed by atoms with Crippen molar-refractivity contribution in [2.24, 2.45) is 0 Å². The highest BCUT2D eigenvalue weighted by atomic mass is 32.2. The predicted molar refractivity (Wildman–Crippen MR) is 90.4 cm³/mol. The molecule has 1 aromatic rings. The molecule has 3 rings (SSSR count). The highest BCUT2D eigenvalue weighted by molar-refractivity contribution is 8.18. The van der Waals surface area contributed by atoms with Crippen LogP contribution in [-0.2, 0) is 9.59 Å². The van der Waals surface area contributed by atoms with Crippen molar-refractivity contribution < 1.29 is 24.3 Å². The Morgan fingerprint density at radius 1 is 1.00 bits per heavy atom. The van der Waals surface area contributed by atoms with Gasteiger partial charge in [-0.1, -0.05) is 23.9 Å². The van der Waals surface area contributed by atoms with Gasteiger partial charge < -0.3 is 5.11 Å². The van der Waals surface area contributed by atoms with E-state index in [4.69, 9.17) is 0 Å². The molecule has 0 saturated carbocycles. The summed E-state index contributed by atoms with van der Waals surface area (Å²) in [5.41, 5.74) is 0.680. The van der Waals surface area contributed by atoms with Crippen LogP contribution in [0.2, 0.25) is 0 Å². The first-order valence-corrected chi connectivity index (χ1v) is 8.77. The summed E-state index contributed by atoms with van der Waals surface area (Å²) in [6, 6.07) is 6.22. The van der Waals surface area contributed by atoms with Gasteiger partial charge in [-0.25, -0.2) is 0 Å². The molecular formula is C15H12N2O5S2. The van der Waals surface area contributed by atoms with Crippen LogP contribution in [0.1, 0.15) is 5.56 Å². The van der Waals surface area contributed by atoms with E-state index in [1.54, 1.807) is 18.2 Å². The summed E-state index contributed by atoms with van der Waals surface area (Å²) in [7, 11) is 0. The zero-order valence-corrected chi connectivity index (χ0v) is 13.9. The molecule has 0 aromatic heterocycles. The molecule has 2 aliphatic heterocycles. The Hall–Kier alpha value is -2.26. The normalized spacial score (nSPS) is 19.9. The third-order valence-electron chi connectivity index (χ3n) is 3.45. The maximum absolute atomic E-state index is 12.3. The van der Waals surface area contributed by atoms with E-state index in [0.717, 1.165) is 33.3 Å². The molecule has 2 aliphatic rings. The summed E-state index contributed by atoms with van der Waals surface area (Å²) in [5.74, 6) is -0.555. The number of phenols is 1. The van der Waals surface area contributed by atoms with Crippen molar-refractivity contribution in [2.75, 3.05) is 18.8 Å². The van der Waals surface area contributed by atoms with Crippen LogP contribution in [0.4, 0.5) is 9.59 Å². The second-order valence-corrected chi connectivity index (χ2v) is 6.94. The number of benzene rings is 1. The van der Waals surface area contributed by atoms with E-state index in [0.29, 0.717) is 5.56 Å². The lowest BCUT2D eigenvalue weighted by Crippen LogP contribution is -2.39. The van der Waals surface area contributed by atoms with Crippen LogP contribution in [0, 0.1) is 0 Å². The summed E-state index contributed by atoms with van der Waals surface area (Å²) < 4.78 is 0. The van der Waals surface area contributed by atoms with E-state index in [-0.39, 0.29) is 40.6 Å². The molecule has 1 aromatic carbocycles. The molecule has 0 bridgehead atoms. The molecule has 0 unspecified atom stereocenters. The van der Waals surface area contributed by atoms with Gasteiger partial charge in [0.25, 0.3) is 16.4 Å². The van der Waals surface area contributed by atoms with Crippen molar-refractivity contribution in [3.05, 3.63) is 34.7 Å². The monoisotopic (exact) mass is 364 g/mol. The SMILES string of the molecule is O=C1CSC(=O)N1CCN1C(=O)SC(=Cc2ccc(O)cc2)C1=O. The minimum atomic E-state index is -0.454. The Labute approximate surface area is 145 Å². The van der Waals surface area contributed by atoms with Crippen LogP contribution >= 0.6 is 23.5 Å². The number of amides is 4. The molecule has 2 heterocycles. The number of carbonyl (C=O) groups is 4. The number of thioether (sulfide) groups is 2. The van der Waals surface area contributed by atoms with Gasteiger partial charge >= 0.3 is 0 Å². The molecule has 0 atom stereocenters. The first kappa shape index (κ1) is 16.6. The number of hydrogen-bond acceptors (Lipinski definition) is 7. The minimum Gasteiger partial charge on any atom is -0.508 e. The van der Waals surface area contributed by atoms with Crippen molar-refractivity contribution in [1.29, 1.82) is 0 Å². The minimum absolute atomic E-state index is 0.00912. The molecule has 9 heteroatoms. The van der Waals surface area contributed by atoms with Gasteiger partial charge in [-0.2, -0.15) is 0 Å². The van der Waals surface area contributed by atoms with Gasteiger partial charge in [-0.3, -0.25) is 29.0 Å². The summed E-state index contributed by atoms with van der Waals surface area (Å²) in [6.45, 7) is -0.00911. The van der Waals surface area contributed by atoms with Gasteiger partial charge in [0.1, 0.15) is 5.75 Å². The van der Waals surface area contributed by atoms with Crippen LogP contribution in [-0.4, -0.2) is 56.0 Å². The molecule has 0 radical (unpaired) electrons. The van der Waals surface area contributed by atoms with E-state index in [9.17, 15) is 24.3 Å². The number of nitrogens with zero attached hydrogens (tertiary/aromatic N) is 2. The van der Waals surface area contributed by atoms with E-state index in [2.05, 4.69) is 0 Å². The zero-order valence-electron chi connectivity index (χ0n) is 12.3. The smallest absolute Gasteiger partial charge is 0.293 e. The summed E-state index contributed by atoms with van der Waals surface area (Å²) in [4.78, 5) is 49.7. The highest BCUT2D eigenvalue weighted by Crippen LogP contribution is 2.32. The van der Waals surface area contributed by atoms with E-state index in [1.165, 1.54) is 12.1 Å². The molecular weight excluding hydrogens is 352 g/mol. The first-order chi connectivity index (χ1) is 11.5. The fraction of sp³-hybridized carbons (Fsp3) is 0.200. The standard InChI is InChI=1S/C15H12N2O5S2/c18-10-3-1-9(2-4-10)7-11-13(20)17(15(22)24-11)6-5-16-12(19)8-23-14(16)21/h1-4,7,18H,5-6,8H2. The lowest BCUT2D eigenvalue weighted by molar-refractivity contribution is -0.126. The Kier molecular flexibility index (Phi) is 4.63. The molecule has 24 heavy (non-hydrogen) atoms. The van der Waals surface area contributed by atoms with Gasteiger partial charge in [0.15, 0.2) is 0 Å². The van der Waals surface area contributed by atoms with Gasteiger partial charge in [0.2, 0.25) is 5.91 Å². The third kappa shape index (κ3) is 3.31. The maximum atomic E-state index is 12.3. The summed E-state index contributed by atoms with van der Waals surface area (Å²) in [5, 5.41) is 8.47. The van der Waals surface area contributed by atoms with Crippen LogP contribution < -0.4 is 0 Å². The predicted octanol–water partition coefficient (Wildman–Crippen LogP) is 2.12. The molecule has 0 spiro atoms. The second kappa shape index (κ2) is 6.70. The number of rotatable bonds is 4. The summed E-state index contributed by atoms with van der Waals surface area (Å²) >= 11 is 1.72. The van der Waals surface area contributed by atoms with Crippen molar-refractivity contribution in [1.82, 2.24) is 9.80 Å². The summed E-state index contributed by atoms with van der Waals surface area (Å²) in [6.07, 6.45) is 1.56. The average molecular weight is 364 g/mol. The van der Waals surface area contributed by atoms with Gasteiger partial charge in [-0.05, 0) is 35.5 Å². The van der Waals surface area contributed by atoms with Crippen LogP contribution in [0.5, 0.6) is 5.75 Å². The Balaban J connectivity index is 1.69. The highest BCUT2D eigenvalue weighted by Gasteiger charge is 2.37. The number of hydrogen-bond donors (Lipinski definition) is 1. The van der Waals surface area contributed by atoms with E-state index in [1.807, 2.05) is 0 Å². The Morgan fingerprint density at radius 3 is 2.29 bits per heavy atom. The van der Waals surface area contributed by atoms with Crippen molar-refractivity contribution in [2.45, 2.75) is 0 Å². The third-order valence-corrected chi connectivity index (χ3v) is 5.22. The fourth-order valence-electron chi connectivity index (χ4n) is 2.21. The van der Waals surface area contributed by atoms with Gasteiger partial charge in [-0.15, -0.1) is 0 Å². The zero-order chi connectivity index (χ0) is 17.3. The van der Waals surface area contributed by atoms with Crippen molar-refractivity contribution in [3.63, 3.8) is 0 Å². The molecule has 7 nitrogen and oxygen atoms in total. The lowest BCUT2D eigenvalue weighted by atomic mass is 10.2. The molecule has 124 valence electrons. The van der Waals surface area contributed by atoms with Gasteiger partial charge in [0.05, 0.1) is 10.7 Å². The maximum Gasteiger partial charge on any atom is 0.293 e. The number of phenolic OH excluding ortho intramolecular Hbond substituents is 1. The van der Waals surface area contributed by atoms with E-state index < -0.39 is 11.1 Å². The largest absolute Gasteiger partial charge is 0.508 e. The van der Waals surface area contributed by atoms with Gasteiger partial charge in [0, 0.05) is 13.1 Å². The Bertz CT molecular complexity index is 744. The van der Waals surface area contributed by atoms with Crippen LogP contribution in [0.3, 0.4) is 0 Å².